The van der Waals surface area contributed by atoms with E-state index < -0.39 is 0 Å². The summed E-state index contributed by atoms with van der Waals surface area (Å²) in [4.78, 5) is 10.7. The van der Waals surface area contributed by atoms with Crippen molar-refractivity contribution in [2.24, 2.45) is 0 Å². The van der Waals surface area contributed by atoms with E-state index in [2.05, 4.69) is 39.5 Å². The lowest BCUT2D eigenvalue weighted by molar-refractivity contribution is 0.389. The van der Waals surface area contributed by atoms with Gasteiger partial charge in [-0.25, -0.2) is 9.97 Å². The Hall–Kier alpha value is 0.0600. The highest BCUT2D eigenvalue weighted by Gasteiger charge is 2.09. The molecule has 1 rings (SSSR count). The van der Waals surface area contributed by atoms with Crippen LogP contribution in [0.5, 0.6) is 0 Å². The average Bonchev–Trinajstić information content (AvgIpc) is 2.10. The van der Waals surface area contributed by atoms with Crippen molar-refractivity contribution in [3.05, 3.63) is 20.2 Å². The molecule has 0 aliphatic rings. The number of nitrogens with zero attached hydrogens (tertiary/aromatic N) is 3. The summed E-state index contributed by atoms with van der Waals surface area (Å²) in [7, 11) is 3.97. The predicted molar refractivity (Wildman–Crippen MR) is 66.5 cm³/mol. The van der Waals surface area contributed by atoms with Gasteiger partial charge in [-0.2, -0.15) is 0 Å². The lowest BCUT2D eigenvalue weighted by Gasteiger charge is -2.10. The molecule has 14 heavy (non-hydrogen) atoms. The van der Waals surface area contributed by atoms with Gasteiger partial charge in [-0.15, -0.1) is 0 Å². The number of rotatable bonds is 3. The summed E-state index contributed by atoms with van der Waals surface area (Å²) in [5, 5.41) is 0.564. The first-order valence-electron chi connectivity index (χ1n) is 4.40. The monoisotopic (exact) mass is 325 g/mol. The van der Waals surface area contributed by atoms with Crippen molar-refractivity contribution in [2.45, 2.75) is 19.9 Å². The molecule has 0 saturated carbocycles. The normalized spacial score (nSPS) is 11.0. The van der Waals surface area contributed by atoms with Crippen LogP contribution in [0, 0.1) is 3.57 Å². The van der Waals surface area contributed by atoms with E-state index in [4.69, 9.17) is 11.6 Å². The molecule has 0 amide bonds. The first-order valence-corrected chi connectivity index (χ1v) is 5.85. The van der Waals surface area contributed by atoms with Crippen LogP contribution in [0.15, 0.2) is 0 Å². The van der Waals surface area contributed by atoms with Gasteiger partial charge in [0.15, 0.2) is 0 Å². The summed E-state index contributed by atoms with van der Waals surface area (Å²) in [6, 6.07) is 0. The summed E-state index contributed by atoms with van der Waals surface area (Å²) < 4.78 is 0.967. The van der Waals surface area contributed by atoms with E-state index in [-0.39, 0.29) is 0 Å². The molecule has 0 aromatic carbocycles. The third-order valence-electron chi connectivity index (χ3n) is 1.72. The standard InChI is InChI=1S/C9H13ClIN3/c1-4-6-8(11)9(10)13-7(12-6)5-14(2)3/h4-5H2,1-3H3. The van der Waals surface area contributed by atoms with Crippen LogP contribution in [-0.4, -0.2) is 29.0 Å². The van der Waals surface area contributed by atoms with Crippen molar-refractivity contribution < 1.29 is 0 Å². The van der Waals surface area contributed by atoms with Gasteiger partial charge in [-0.1, -0.05) is 18.5 Å². The molecule has 0 fully saturated rings. The lowest BCUT2D eigenvalue weighted by atomic mass is 10.3. The molecule has 5 heteroatoms. The topological polar surface area (TPSA) is 29.0 Å². The van der Waals surface area contributed by atoms with Gasteiger partial charge in [0.25, 0.3) is 0 Å². The zero-order chi connectivity index (χ0) is 10.7. The Kier molecular flexibility index (Phi) is 4.53. The molecule has 1 heterocycles. The van der Waals surface area contributed by atoms with Crippen molar-refractivity contribution >= 4 is 34.2 Å². The second kappa shape index (κ2) is 5.23. The highest BCUT2D eigenvalue weighted by Crippen LogP contribution is 2.19. The fourth-order valence-electron chi connectivity index (χ4n) is 1.10. The Labute approximate surface area is 103 Å². The zero-order valence-corrected chi connectivity index (χ0v) is 11.4. The average molecular weight is 326 g/mol. The van der Waals surface area contributed by atoms with Crippen molar-refractivity contribution in [1.29, 1.82) is 0 Å². The molecule has 0 bridgehead atoms. The predicted octanol–water partition coefficient (Wildman–Crippen LogP) is 2.36. The largest absolute Gasteiger partial charge is 0.302 e. The third-order valence-corrected chi connectivity index (χ3v) is 3.44. The van der Waals surface area contributed by atoms with Crippen LogP contribution in [0.4, 0.5) is 0 Å². The number of halogens is 2. The molecule has 0 radical (unpaired) electrons. The maximum atomic E-state index is 6.00. The van der Waals surface area contributed by atoms with Crippen molar-refractivity contribution in [3.63, 3.8) is 0 Å². The quantitative estimate of drug-likeness (QED) is 0.631. The van der Waals surface area contributed by atoms with Crippen molar-refractivity contribution in [2.75, 3.05) is 14.1 Å². The van der Waals surface area contributed by atoms with E-state index in [0.29, 0.717) is 5.15 Å². The Morgan fingerprint density at radius 3 is 2.50 bits per heavy atom. The Bertz CT molecular complexity index is 328. The Balaban J connectivity index is 3.03. The molecule has 0 aliphatic heterocycles. The van der Waals surface area contributed by atoms with E-state index in [1.165, 1.54) is 0 Å². The summed E-state index contributed by atoms with van der Waals surface area (Å²) in [6.45, 7) is 2.80. The highest BCUT2D eigenvalue weighted by atomic mass is 127. The van der Waals surface area contributed by atoms with Gasteiger partial charge < -0.3 is 4.90 Å². The lowest BCUT2D eigenvalue weighted by Crippen LogP contribution is -2.15. The van der Waals surface area contributed by atoms with Crippen molar-refractivity contribution in [1.82, 2.24) is 14.9 Å². The highest BCUT2D eigenvalue weighted by molar-refractivity contribution is 14.1. The molecule has 0 atom stereocenters. The molecule has 78 valence electrons. The molecule has 0 spiro atoms. The fraction of sp³-hybridized carbons (Fsp3) is 0.556. The second-order valence-corrected chi connectivity index (χ2v) is 4.72. The van der Waals surface area contributed by atoms with Crippen LogP contribution in [0.2, 0.25) is 5.15 Å². The van der Waals surface area contributed by atoms with Crippen molar-refractivity contribution in [3.8, 4) is 0 Å². The molecule has 3 nitrogen and oxygen atoms in total. The molecular weight excluding hydrogens is 312 g/mol. The van der Waals surface area contributed by atoms with Gasteiger partial charge in [-0.05, 0) is 43.1 Å². The van der Waals surface area contributed by atoms with Gasteiger partial charge in [0, 0.05) is 0 Å². The smallest absolute Gasteiger partial charge is 0.146 e. The van der Waals surface area contributed by atoms with Crippen LogP contribution in [0.25, 0.3) is 0 Å². The molecule has 0 aliphatic carbocycles. The van der Waals surface area contributed by atoms with Crippen LogP contribution in [0.3, 0.4) is 0 Å². The van der Waals surface area contributed by atoms with Gasteiger partial charge in [0.1, 0.15) is 11.0 Å². The van der Waals surface area contributed by atoms with Crippen LogP contribution in [0.1, 0.15) is 18.4 Å². The van der Waals surface area contributed by atoms with E-state index in [1.807, 2.05) is 19.0 Å². The van der Waals surface area contributed by atoms with Gasteiger partial charge in [-0.3, -0.25) is 0 Å². The molecule has 0 saturated heterocycles. The number of hydrogen-bond donors (Lipinski definition) is 0. The number of aryl methyl sites for hydroxylation is 1. The van der Waals surface area contributed by atoms with Crippen LogP contribution < -0.4 is 0 Å². The molecule has 0 unspecified atom stereocenters. The SMILES string of the molecule is CCc1nc(CN(C)C)nc(Cl)c1I. The van der Waals surface area contributed by atoms with Gasteiger partial charge in [0.2, 0.25) is 0 Å². The maximum Gasteiger partial charge on any atom is 0.146 e. The van der Waals surface area contributed by atoms with E-state index in [1.54, 1.807) is 0 Å². The Morgan fingerprint density at radius 1 is 1.36 bits per heavy atom. The molecule has 0 N–H and O–H groups in total. The minimum atomic E-state index is 0.564. The second-order valence-electron chi connectivity index (χ2n) is 3.28. The summed E-state index contributed by atoms with van der Waals surface area (Å²) in [5.41, 5.74) is 1.03. The van der Waals surface area contributed by atoms with Gasteiger partial charge >= 0.3 is 0 Å². The van der Waals surface area contributed by atoms with Crippen LogP contribution >= 0.6 is 34.2 Å². The minimum Gasteiger partial charge on any atom is -0.302 e. The summed E-state index contributed by atoms with van der Waals surface area (Å²) >= 11 is 8.19. The van der Waals surface area contributed by atoms with E-state index in [0.717, 1.165) is 28.1 Å². The molecule has 1 aromatic heterocycles. The number of aromatic nitrogens is 2. The van der Waals surface area contributed by atoms with Crippen LogP contribution in [-0.2, 0) is 13.0 Å². The summed E-state index contributed by atoms with van der Waals surface area (Å²) in [5.74, 6) is 0.789. The summed E-state index contributed by atoms with van der Waals surface area (Å²) in [6.07, 6.45) is 0.890. The van der Waals surface area contributed by atoms with Gasteiger partial charge in [0.05, 0.1) is 15.8 Å². The minimum absolute atomic E-state index is 0.564. The first kappa shape index (κ1) is 12.1. The van der Waals surface area contributed by atoms with E-state index in [9.17, 15) is 0 Å². The molecular formula is C9H13ClIN3. The molecule has 1 aromatic rings. The maximum absolute atomic E-state index is 6.00. The Morgan fingerprint density at radius 2 is 2.00 bits per heavy atom. The first-order chi connectivity index (χ1) is 6.54. The number of hydrogen-bond acceptors (Lipinski definition) is 3. The third kappa shape index (κ3) is 3.03. The van der Waals surface area contributed by atoms with E-state index >= 15 is 0 Å². The zero-order valence-electron chi connectivity index (χ0n) is 8.51. The fourth-order valence-corrected chi connectivity index (χ4v) is 1.93.